The van der Waals surface area contributed by atoms with E-state index >= 15 is 0 Å². The third kappa shape index (κ3) is 4.24. The van der Waals surface area contributed by atoms with Gasteiger partial charge in [-0.3, -0.25) is 4.79 Å². The zero-order valence-corrected chi connectivity index (χ0v) is 15.8. The molecule has 1 atom stereocenters. The average molecular weight is 383 g/mol. The lowest BCUT2D eigenvalue weighted by Gasteiger charge is -2.14. The first-order valence-electron chi connectivity index (χ1n) is 8.62. The van der Waals surface area contributed by atoms with Crippen LogP contribution in [-0.4, -0.2) is 12.7 Å². The van der Waals surface area contributed by atoms with E-state index in [0.717, 1.165) is 12.0 Å². The van der Waals surface area contributed by atoms with Gasteiger partial charge >= 0.3 is 0 Å². The molecule has 1 N–H and O–H groups in total. The Hall–Kier alpha value is -2.97. The lowest BCUT2D eigenvalue weighted by Crippen LogP contribution is -2.27. The van der Waals surface area contributed by atoms with Crippen LogP contribution in [0.1, 0.15) is 36.6 Å². The number of rotatable bonds is 5. The minimum Gasteiger partial charge on any atom is -0.454 e. The Morgan fingerprint density at radius 3 is 2.59 bits per heavy atom. The number of nitrogens with zero attached hydrogens (tertiary/aromatic N) is 1. The van der Waals surface area contributed by atoms with Crippen LogP contribution in [0.4, 0.5) is 0 Å². The maximum Gasteiger partial charge on any atom is 0.262 e. The average Bonchev–Trinajstić information content (AvgIpc) is 3.12. The summed E-state index contributed by atoms with van der Waals surface area (Å²) < 4.78 is 10.6. The lowest BCUT2D eigenvalue weighted by molar-refractivity contribution is -0.117. The van der Waals surface area contributed by atoms with Crippen molar-refractivity contribution in [3.63, 3.8) is 0 Å². The number of carbonyl (C=O) groups excluding carboxylic acids is 1. The van der Waals surface area contributed by atoms with E-state index in [2.05, 4.69) is 12.2 Å². The molecule has 0 saturated carbocycles. The molecule has 0 radical (unpaired) electrons. The predicted octanol–water partition coefficient (Wildman–Crippen LogP) is 4.42. The predicted molar refractivity (Wildman–Crippen MR) is 104 cm³/mol. The lowest BCUT2D eigenvalue weighted by atomic mass is 10.0. The summed E-state index contributed by atoms with van der Waals surface area (Å²) in [5, 5.41) is 12.6. The highest BCUT2D eigenvalue weighted by Crippen LogP contribution is 2.37. The molecule has 5 nitrogen and oxygen atoms in total. The first kappa shape index (κ1) is 18.8. The number of hydrogen-bond acceptors (Lipinski definition) is 4. The molecule has 0 bridgehead atoms. The molecule has 0 aromatic heterocycles. The summed E-state index contributed by atoms with van der Waals surface area (Å²) in [6, 6.07) is 13.0. The Morgan fingerprint density at radius 1 is 1.30 bits per heavy atom. The van der Waals surface area contributed by atoms with E-state index in [1.807, 2.05) is 37.3 Å². The second-order valence-electron chi connectivity index (χ2n) is 6.19. The van der Waals surface area contributed by atoms with Gasteiger partial charge in [-0.2, -0.15) is 5.26 Å². The van der Waals surface area contributed by atoms with Crippen LogP contribution < -0.4 is 14.8 Å². The normalized spacial score (nSPS) is 13.8. The highest BCUT2D eigenvalue weighted by molar-refractivity contribution is 6.32. The van der Waals surface area contributed by atoms with Gasteiger partial charge in [0.25, 0.3) is 5.91 Å². The zero-order valence-electron chi connectivity index (χ0n) is 15.1. The quantitative estimate of drug-likeness (QED) is 0.614. The SMILES string of the molecule is CCc1ccc([C@@H](C)NC(=O)/C(C#N)=C\c2cc3c(cc2Cl)OCO3)cc1. The van der Waals surface area contributed by atoms with Gasteiger partial charge in [0.05, 0.1) is 11.1 Å². The van der Waals surface area contributed by atoms with Crippen molar-refractivity contribution in [3.8, 4) is 17.6 Å². The van der Waals surface area contributed by atoms with E-state index in [9.17, 15) is 10.1 Å². The number of nitriles is 1. The van der Waals surface area contributed by atoms with Gasteiger partial charge in [-0.15, -0.1) is 0 Å². The molecule has 2 aromatic carbocycles. The molecule has 2 aromatic rings. The highest BCUT2D eigenvalue weighted by atomic mass is 35.5. The Bertz CT molecular complexity index is 930. The van der Waals surface area contributed by atoms with Crippen LogP contribution in [0.5, 0.6) is 11.5 Å². The van der Waals surface area contributed by atoms with Crippen LogP contribution >= 0.6 is 11.6 Å². The number of fused-ring (bicyclic) bond motifs is 1. The second-order valence-corrected chi connectivity index (χ2v) is 6.59. The van der Waals surface area contributed by atoms with Crippen molar-refractivity contribution in [2.24, 2.45) is 0 Å². The van der Waals surface area contributed by atoms with Crippen molar-refractivity contribution < 1.29 is 14.3 Å². The summed E-state index contributed by atoms with van der Waals surface area (Å²) in [7, 11) is 0. The number of hydrogen-bond donors (Lipinski definition) is 1. The minimum atomic E-state index is -0.460. The number of aryl methyl sites for hydroxylation is 1. The molecule has 1 aliphatic heterocycles. The number of amides is 1. The Kier molecular flexibility index (Phi) is 5.68. The number of carbonyl (C=O) groups is 1. The first-order valence-corrected chi connectivity index (χ1v) is 9.00. The summed E-state index contributed by atoms with van der Waals surface area (Å²) in [5.41, 5.74) is 2.69. The summed E-state index contributed by atoms with van der Waals surface area (Å²) in [6.07, 6.45) is 2.41. The van der Waals surface area contributed by atoms with Crippen LogP contribution in [0.25, 0.3) is 6.08 Å². The van der Waals surface area contributed by atoms with E-state index in [-0.39, 0.29) is 18.4 Å². The standard InChI is InChI=1S/C21H19ClN2O3/c1-3-14-4-6-15(7-5-14)13(2)24-21(25)17(11-23)8-16-9-19-20(10-18(16)22)27-12-26-19/h4-10,13H,3,12H2,1-2H3,(H,24,25)/b17-8-/t13-/m1/s1. The van der Waals surface area contributed by atoms with Crippen LogP contribution in [-0.2, 0) is 11.2 Å². The van der Waals surface area contributed by atoms with E-state index in [0.29, 0.717) is 22.1 Å². The molecule has 138 valence electrons. The van der Waals surface area contributed by atoms with Gasteiger partial charge in [-0.1, -0.05) is 42.8 Å². The Morgan fingerprint density at radius 2 is 1.96 bits per heavy atom. The van der Waals surface area contributed by atoms with Crippen molar-refractivity contribution in [3.05, 3.63) is 63.7 Å². The minimum absolute atomic E-state index is 0.0345. The van der Waals surface area contributed by atoms with E-state index in [4.69, 9.17) is 21.1 Å². The van der Waals surface area contributed by atoms with E-state index in [1.54, 1.807) is 12.1 Å². The van der Waals surface area contributed by atoms with Crippen LogP contribution in [0.2, 0.25) is 5.02 Å². The molecular weight excluding hydrogens is 364 g/mol. The van der Waals surface area contributed by atoms with Crippen molar-refractivity contribution in [2.45, 2.75) is 26.3 Å². The summed E-state index contributed by atoms with van der Waals surface area (Å²) in [6.45, 7) is 4.09. The van der Waals surface area contributed by atoms with Crippen molar-refractivity contribution >= 4 is 23.6 Å². The van der Waals surface area contributed by atoms with Crippen LogP contribution in [0.3, 0.4) is 0 Å². The largest absolute Gasteiger partial charge is 0.454 e. The van der Waals surface area contributed by atoms with Gasteiger partial charge in [0.15, 0.2) is 11.5 Å². The second kappa shape index (κ2) is 8.15. The molecule has 27 heavy (non-hydrogen) atoms. The molecule has 1 amide bonds. The van der Waals surface area contributed by atoms with Gasteiger partial charge < -0.3 is 14.8 Å². The molecule has 1 aliphatic rings. The summed E-state index contributed by atoms with van der Waals surface area (Å²) in [4.78, 5) is 12.5. The molecule has 0 fully saturated rings. The Labute approximate surface area is 163 Å². The van der Waals surface area contributed by atoms with Crippen molar-refractivity contribution in [1.29, 1.82) is 5.26 Å². The topological polar surface area (TPSA) is 71.4 Å². The van der Waals surface area contributed by atoms with Crippen LogP contribution in [0.15, 0.2) is 42.0 Å². The third-order valence-corrected chi connectivity index (χ3v) is 4.72. The maximum absolute atomic E-state index is 12.5. The van der Waals surface area contributed by atoms with E-state index in [1.165, 1.54) is 11.6 Å². The maximum atomic E-state index is 12.5. The summed E-state index contributed by atoms with van der Waals surface area (Å²) >= 11 is 6.22. The number of nitrogens with one attached hydrogen (secondary N) is 1. The highest BCUT2D eigenvalue weighted by Gasteiger charge is 2.18. The number of ether oxygens (including phenoxy) is 2. The fourth-order valence-electron chi connectivity index (χ4n) is 2.75. The van der Waals surface area contributed by atoms with Gasteiger partial charge in [-0.05, 0) is 42.2 Å². The monoisotopic (exact) mass is 382 g/mol. The Balaban J connectivity index is 1.77. The zero-order chi connectivity index (χ0) is 19.4. The van der Waals surface area contributed by atoms with Gasteiger partial charge in [-0.25, -0.2) is 0 Å². The van der Waals surface area contributed by atoms with Crippen LogP contribution in [0, 0.1) is 11.3 Å². The molecular formula is C21H19ClN2O3. The number of halogens is 1. The van der Waals surface area contributed by atoms with Crippen molar-refractivity contribution in [2.75, 3.05) is 6.79 Å². The molecule has 0 aliphatic carbocycles. The molecule has 1 heterocycles. The van der Waals surface area contributed by atoms with Gasteiger partial charge in [0.1, 0.15) is 11.6 Å². The summed E-state index contributed by atoms with van der Waals surface area (Å²) in [5.74, 6) is 0.621. The molecule has 0 spiro atoms. The third-order valence-electron chi connectivity index (χ3n) is 4.39. The van der Waals surface area contributed by atoms with E-state index < -0.39 is 5.91 Å². The molecule has 6 heteroatoms. The molecule has 0 unspecified atom stereocenters. The fourth-order valence-corrected chi connectivity index (χ4v) is 2.96. The molecule has 3 rings (SSSR count). The smallest absolute Gasteiger partial charge is 0.262 e. The van der Waals surface area contributed by atoms with Gasteiger partial charge in [0, 0.05) is 6.07 Å². The first-order chi connectivity index (χ1) is 13.0. The van der Waals surface area contributed by atoms with Crippen molar-refractivity contribution in [1.82, 2.24) is 5.32 Å². The fraction of sp³-hybridized carbons (Fsp3) is 0.238. The number of benzene rings is 2. The molecule has 0 saturated heterocycles. The van der Waals surface area contributed by atoms with Gasteiger partial charge in [0.2, 0.25) is 6.79 Å².